The lowest BCUT2D eigenvalue weighted by Gasteiger charge is -2.29. The molecule has 334 valence electrons. The van der Waals surface area contributed by atoms with Gasteiger partial charge in [0, 0.05) is 65.4 Å². The molecule has 0 saturated carbocycles. The minimum Gasteiger partial charge on any atom is -0.382 e. The fourth-order valence-electron chi connectivity index (χ4n) is 8.07. The highest BCUT2D eigenvalue weighted by atomic mass is 32.2. The molecule has 0 spiro atoms. The van der Waals surface area contributed by atoms with E-state index in [0.29, 0.717) is 105 Å². The van der Waals surface area contributed by atoms with Crippen LogP contribution in [0, 0.1) is 0 Å². The average Bonchev–Trinajstić information content (AvgIpc) is 4.04. The van der Waals surface area contributed by atoms with Crippen LogP contribution in [0.5, 0.6) is 0 Å². The minimum atomic E-state index is -0.643. The summed E-state index contributed by atoms with van der Waals surface area (Å²) in [4.78, 5) is 81.1. The number of nitrogen functional groups attached to an aromatic ring is 1. The molecule has 2 aromatic carbocycles. The number of piperidine rings is 1. The molecule has 6 heterocycles. The van der Waals surface area contributed by atoms with E-state index in [2.05, 4.69) is 20.6 Å². The van der Waals surface area contributed by atoms with Crippen LogP contribution in [0.1, 0.15) is 63.8 Å². The van der Waals surface area contributed by atoms with Crippen LogP contribution < -0.4 is 16.4 Å². The number of imidazole rings is 1. The van der Waals surface area contributed by atoms with Gasteiger partial charge in [-0.25, -0.2) is 15.0 Å². The number of imide groups is 1. The Morgan fingerprint density at radius 3 is 2.36 bits per heavy atom. The summed E-state index contributed by atoms with van der Waals surface area (Å²) in [6.45, 7) is 3.41. The number of pyridine rings is 1. The molecule has 4 N–H and O–H groups in total. The van der Waals surface area contributed by atoms with Gasteiger partial charge in [-0.1, -0.05) is 24.3 Å². The molecule has 5 amide bonds. The quantitative estimate of drug-likeness (QED) is 0.0573. The van der Waals surface area contributed by atoms with Crippen LogP contribution in [0.2, 0.25) is 0 Å². The van der Waals surface area contributed by atoms with Crippen molar-refractivity contribution in [1.29, 1.82) is 0 Å². The number of likely N-dealkylation sites (tertiary alicyclic amines) is 1. The van der Waals surface area contributed by atoms with E-state index >= 15 is 0 Å². The third-order valence-corrected chi connectivity index (χ3v) is 12.2. The zero-order valence-electron chi connectivity index (χ0n) is 35.1. The molecule has 18 nitrogen and oxygen atoms in total. The number of ether oxygens (including phenoxy) is 4. The van der Waals surface area contributed by atoms with Crippen LogP contribution in [0.3, 0.4) is 0 Å². The van der Waals surface area contributed by atoms with E-state index in [1.165, 1.54) is 0 Å². The first kappa shape index (κ1) is 44.4. The molecule has 19 heteroatoms. The van der Waals surface area contributed by atoms with Gasteiger partial charge in [0.15, 0.2) is 0 Å². The maximum absolute atomic E-state index is 13.4. The first-order valence-electron chi connectivity index (χ1n) is 21.2. The number of nitrogens with zero attached hydrogens (tertiary/aromatic N) is 6. The number of nitrogens with one attached hydrogen (secondary N) is 2. The molecule has 3 aromatic heterocycles. The summed E-state index contributed by atoms with van der Waals surface area (Å²) < 4.78 is 24.6. The van der Waals surface area contributed by atoms with Gasteiger partial charge in [-0.05, 0) is 61.2 Å². The predicted octanol–water partition coefficient (Wildman–Crippen LogP) is 3.91. The van der Waals surface area contributed by atoms with Crippen LogP contribution in [0.25, 0.3) is 16.8 Å². The van der Waals surface area contributed by atoms with E-state index < -0.39 is 11.9 Å². The zero-order valence-corrected chi connectivity index (χ0v) is 35.9. The number of benzene rings is 2. The van der Waals surface area contributed by atoms with E-state index in [1.807, 2.05) is 28.7 Å². The molecular weight excluding hydrogens is 843 g/mol. The molecule has 2 saturated heterocycles. The summed E-state index contributed by atoms with van der Waals surface area (Å²) in [7, 11) is 0. The molecule has 2 atom stereocenters. The first-order chi connectivity index (χ1) is 31.3. The molecule has 5 aromatic rings. The molecular formula is C45H49N9O9S. The van der Waals surface area contributed by atoms with Crippen molar-refractivity contribution in [2.75, 3.05) is 76.2 Å². The number of aromatic nitrogens is 4. The van der Waals surface area contributed by atoms with Crippen molar-refractivity contribution >= 4 is 58.5 Å². The number of carbonyl (C=O) groups is 5. The standard InChI is InChI=1S/C45H49N9O9S/c46-41-40-39(29-9-11-30(12-10-29)43(57)49-36-8-1-2-15-47-36)51-42(53(40)18-16-48-41)33-6-4-17-52(33)38(56)28-63-24-23-61-20-19-60-21-22-62-25-26-64-35-7-3-5-31-32(35)27-54(45(31)59)34-13-14-37(55)50-44(34)58/h1-3,5,7-12,15-16,18,33-34H,4,6,13-14,17,19-28H2,(H2,46,48)(H,47,49,57)(H,50,55,58)/t33-,34?/m0/s1. The number of amides is 5. The molecule has 64 heavy (non-hydrogen) atoms. The Hall–Kier alpha value is -6.25. The molecule has 3 aliphatic heterocycles. The second kappa shape index (κ2) is 21.0. The number of rotatable bonds is 20. The number of nitrogens with two attached hydrogens (primary N) is 1. The fraction of sp³-hybridized carbons (Fsp3) is 0.378. The highest BCUT2D eigenvalue weighted by molar-refractivity contribution is 7.99. The lowest BCUT2D eigenvalue weighted by molar-refractivity contribution is -0.138. The second-order valence-electron chi connectivity index (χ2n) is 15.3. The Bertz CT molecular complexity index is 2490. The van der Waals surface area contributed by atoms with Crippen LogP contribution in [0.15, 0.2) is 84.1 Å². The molecule has 3 aliphatic rings. The molecule has 2 fully saturated rings. The van der Waals surface area contributed by atoms with Gasteiger partial charge in [-0.3, -0.25) is 33.7 Å². The predicted molar refractivity (Wildman–Crippen MR) is 235 cm³/mol. The van der Waals surface area contributed by atoms with Crippen molar-refractivity contribution in [3.8, 4) is 11.3 Å². The summed E-state index contributed by atoms with van der Waals surface area (Å²) >= 11 is 1.59. The van der Waals surface area contributed by atoms with Crippen molar-refractivity contribution in [2.24, 2.45) is 0 Å². The lowest BCUT2D eigenvalue weighted by atomic mass is 10.0. The van der Waals surface area contributed by atoms with Gasteiger partial charge in [0.25, 0.3) is 11.8 Å². The number of fused-ring (bicyclic) bond motifs is 2. The van der Waals surface area contributed by atoms with Gasteiger partial charge < -0.3 is 39.8 Å². The van der Waals surface area contributed by atoms with Gasteiger partial charge in [0.2, 0.25) is 17.7 Å². The number of thioether (sulfide) groups is 1. The Kier molecular flexibility index (Phi) is 14.5. The number of hydrogen-bond acceptors (Lipinski definition) is 14. The van der Waals surface area contributed by atoms with Gasteiger partial charge in [-0.15, -0.1) is 11.8 Å². The smallest absolute Gasteiger partial charge is 0.256 e. The maximum Gasteiger partial charge on any atom is 0.256 e. The third-order valence-electron chi connectivity index (χ3n) is 11.2. The fourth-order valence-corrected chi connectivity index (χ4v) is 9.01. The van der Waals surface area contributed by atoms with E-state index in [-0.39, 0.29) is 49.3 Å². The minimum absolute atomic E-state index is 0.0977. The normalized spacial score (nSPS) is 17.3. The van der Waals surface area contributed by atoms with Crippen molar-refractivity contribution < 1.29 is 42.9 Å². The number of carbonyl (C=O) groups excluding carboxylic acids is 5. The largest absolute Gasteiger partial charge is 0.382 e. The van der Waals surface area contributed by atoms with Crippen molar-refractivity contribution in [2.45, 2.75) is 49.2 Å². The number of hydrogen-bond donors (Lipinski definition) is 3. The highest BCUT2D eigenvalue weighted by Gasteiger charge is 2.40. The molecule has 0 aliphatic carbocycles. The lowest BCUT2D eigenvalue weighted by Crippen LogP contribution is -2.52. The van der Waals surface area contributed by atoms with E-state index in [9.17, 15) is 24.0 Å². The summed E-state index contributed by atoms with van der Waals surface area (Å²) in [5.41, 5.74) is 10.3. The summed E-state index contributed by atoms with van der Waals surface area (Å²) in [6.07, 6.45) is 7.09. The number of anilines is 2. The zero-order chi connectivity index (χ0) is 44.4. The van der Waals surface area contributed by atoms with Crippen molar-refractivity contribution in [3.05, 3.63) is 102 Å². The van der Waals surface area contributed by atoms with Crippen LogP contribution in [-0.2, 0) is 39.9 Å². The van der Waals surface area contributed by atoms with Crippen molar-refractivity contribution in [3.63, 3.8) is 0 Å². The van der Waals surface area contributed by atoms with Crippen molar-refractivity contribution in [1.82, 2.24) is 34.5 Å². The van der Waals surface area contributed by atoms with E-state index in [4.69, 9.17) is 29.7 Å². The van der Waals surface area contributed by atoms with Crippen LogP contribution in [0.4, 0.5) is 11.6 Å². The molecule has 0 bridgehead atoms. The third kappa shape index (κ3) is 10.2. The SMILES string of the molecule is Nc1nccn2c([C@@H]3CCCN3C(=O)COCCOCCOCCOCCSc3cccc4c3CN(C3CCC(=O)NC3=O)C4=O)nc(-c3ccc(C(=O)Nc4ccccn4)cc3)c12. The first-order valence-corrected chi connectivity index (χ1v) is 22.2. The monoisotopic (exact) mass is 891 g/mol. The maximum atomic E-state index is 13.4. The molecule has 8 rings (SSSR count). The Balaban J connectivity index is 0.714. The highest BCUT2D eigenvalue weighted by Crippen LogP contribution is 2.37. The van der Waals surface area contributed by atoms with E-state index in [0.717, 1.165) is 28.9 Å². The Morgan fingerprint density at radius 1 is 0.844 bits per heavy atom. The molecule has 0 radical (unpaired) electrons. The van der Waals surface area contributed by atoms with Gasteiger partial charge in [0.1, 0.15) is 41.3 Å². The van der Waals surface area contributed by atoms with Crippen LogP contribution >= 0.6 is 11.8 Å². The Morgan fingerprint density at radius 2 is 1.61 bits per heavy atom. The summed E-state index contributed by atoms with van der Waals surface area (Å²) in [5.74, 6) is 0.752. The summed E-state index contributed by atoms with van der Waals surface area (Å²) in [5, 5.41) is 5.13. The average molecular weight is 892 g/mol. The topological polar surface area (TPSA) is 222 Å². The van der Waals surface area contributed by atoms with Gasteiger partial charge in [0.05, 0.1) is 52.3 Å². The van der Waals surface area contributed by atoms with E-state index in [1.54, 1.807) is 76.6 Å². The summed E-state index contributed by atoms with van der Waals surface area (Å²) in [6, 6.07) is 17.0. The second-order valence-corrected chi connectivity index (χ2v) is 16.4. The van der Waals surface area contributed by atoms with Crippen LogP contribution in [-0.4, -0.2) is 130 Å². The Labute approximate surface area is 373 Å². The molecule has 1 unspecified atom stereocenters. The van der Waals surface area contributed by atoms with Gasteiger partial charge >= 0.3 is 0 Å². The van der Waals surface area contributed by atoms with Gasteiger partial charge in [-0.2, -0.15) is 0 Å².